The van der Waals surface area contributed by atoms with Crippen LogP contribution in [0.5, 0.6) is 11.5 Å². The van der Waals surface area contributed by atoms with Crippen molar-refractivity contribution in [3.63, 3.8) is 0 Å². The Morgan fingerprint density at radius 3 is 2.05 bits per heavy atom. The zero-order valence-electron chi connectivity index (χ0n) is 23.1. The molecule has 1 atom stereocenters. The number of halogens is 3. The summed E-state index contributed by atoms with van der Waals surface area (Å²) >= 11 is 5.04. The minimum absolute atomic E-state index is 0.0502. The van der Waals surface area contributed by atoms with Crippen molar-refractivity contribution in [2.45, 2.75) is 28.4 Å². The molecule has 5 nitrogen and oxygen atoms in total. The lowest BCUT2D eigenvalue weighted by atomic mass is 9.77. The van der Waals surface area contributed by atoms with Gasteiger partial charge in [0.15, 0.2) is 0 Å². The molecule has 0 radical (unpaired) electrons. The van der Waals surface area contributed by atoms with E-state index in [1.807, 2.05) is 91.0 Å². The lowest BCUT2D eigenvalue weighted by Gasteiger charge is -2.47. The summed E-state index contributed by atoms with van der Waals surface area (Å²) in [6.45, 7) is -0.706. The van der Waals surface area contributed by atoms with Gasteiger partial charge in [-0.2, -0.15) is 8.78 Å². The molecule has 0 fully saturated rings. The summed E-state index contributed by atoms with van der Waals surface area (Å²) in [6.07, 6.45) is 0.137. The zero-order valence-corrected chi connectivity index (χ0v) is 25.5. The molecule has 0 unspecified atom stereocenters. The molecule has 0 bridgehead atoms. The Morgan fingerprint density at radius 2 is 1.45 bits per heavy atom. The number of rotatable bonds is 6. The molecule has 0 amide bonds. The minimum atomic E-state index is -3.22. The van der Waals surface area contributed by atoms with Crippen molar-refractivity contribution in [2.24, 2.45) is 4.99 Å². The summed E-state index contributed by atoms with van der Waals surface area (Å²) in [5.41, 5.74) is 0.103. The van der Waals surface area contributed by atoms with Crippen molar-refractivity contribution in [1.82, 2.24) is 5.32 Å². The fraction of sp³-hybridized carbons (Fsp3) is 0.242. The number of benzene rings is 4. The molecule has 0 aromatic heterocycles. The fourth-order valence-electron chi connectivity index (χ4n) is 5.75. The van der Waals surface area contributed by atoms with E-state index in [9.17, 15) is 0 Å². The average molecular weight is 652 g/mol. The molecule has 216 valence electrons. The molecule has 2 aliphatic rings. The molecule has 1 spiro atoms. The molecule has 2 aliphatic heterocycles. The van der Waals surface area contributed by atoms with E-state index < -0.39 is 23.6 Å². The number of alkyl halides is 2. The van der Waals surface area contributed by atoms with Crippen LogP contribution >= 0.6 is 27.7 Å². The van der Waals surface area contributed by atoms with Crippen LogP contribution in [0.2, 0.25) is 0 Å². The van der Waals surface area contributed by atoms with Crippen LogP contribution < -0.4 is 14.8 Å². The van der Waals surface area contributed by atoms with Crippen LogP contribution in [0, 0.1) is 0 Å². The molecule has 0 saturated heterocycles. The van der Waals surface area contributed by atoms with Gasteiger partial charge in [-0.1, -0.05) is 70.5 Å². The third-order valence-electron chi connectivity index (χ3n) is 7.92. The summed E-state index contributed by atoms with van der Waals surface area (Å²) in [6, 6.07) is 30.7. The molecule has 6 rings (SSSR count). The van der Waals surface area contributed by atoms with Gasteiger partial charge in [0, 0.05) is 27.1 Å². The third-order valence-corrected chi connectivity index (χ3v) is 9.49. The number of hydrogen-bond donors (Lipinski definition) is 1. The van der Waals surface area contributed by atoms with Crippen molar-refractivity contribution in [1.29, 1.82) is 0 Å². The van der Waals surface area contributed by atoms with Gasteiger partial charge in [-0.3, -0.25) is 0 Å². The van der Waals surface area contributed by atoms with Crippen molar-refractivity contribution < 1.29 is 23.0 Å². The Hall–Kier alpha value is -3.56. The van der Waals surface area contributed by atoms with Gasteiger partial charge in [0.1, 0.15) is 23.6 Å². The van der Waals surface area contributed by atoms with Crippen molar-refractivity contribution in [3.05, 3.63) is 124 Å². The van der Waals surface area contributed by atoms with E-state index in [1.54, 1.807) is 32.0 Å². The van der Waals surface area contributed by atoms with Gasteiger partial charge < -0.3 is 19.5 Å². The Labute approximate surface area is 256 Å². The van der Waals surface area contributed by atoms with E-state index in [2.05, 4.69) is 26.2 Å². The Kier molecular flexibility index (Phi) is 7.66. The van der Waals surface area contributed by atoms with Gasteiger partial charge in [-0.05, 0) is 59.2 Å². The van der Waals surface area contributed by atoms with Crippen molar-refractivity contribution >= 4 is 33.7 Å². The second-order valence-electron chi connectivity index (χ2n) is 10.2. The van der Waals surface area contributed by atoms with Crippen LogP contribution in [0.25, 0.3) is 0 Å². The number of hydrogen-bond acceptors (Lipinski definition) is 6. The molecular formula is C33H29BrF2N2O3S. The SMILES string of the molecule is COc1ccc(C(NC2=NCC(F)(F)[C@]3(CCSc4ccc(Br)cc43)O2)(c2ccccc2)c2ccc(OC)cc2)cc1. The zero-order chi connectivity index (χ0) is 29.4. The standard InChI is InChI=1S/C33H29BrF2N2O3S/c1-39-26-13-8-23(9-14-26)33(22-6-4-3-5-7-22,24-10-15-27(40-2)16-11-24)38-30-37-21-32(35,36)31(41-30)18-19-42-29-17-12-25(34)20-28(29)31/h3-17,20H,18-19,21H2,1-2H3,(H,37,38)/t31-/m1/s1. The largest absolute Gasteiger partial charge is 0.497 e. The monoisotopic (exact) mass is 650 g/mol. The topological polar surface area (TPSA) is 52.1 Å². The van der Waals surface area contributed by atoms with Gasteiger partial charge in [0.2, 0.25) is 5.60 Å². The summed E-state index contributed by atoms with van der Waals surface area (Å²) in [7, 11) is 3.23. The second-order valence-corrected chi connectivity index (χ2v) is 12.2. The smallest absolute Gasteiger partial charge is 0.310 e. The molecule has 0 aliphatic carbocycles. The highest BCUT2D eigenvalue weighted by Gasteiger charge is 2.62. The maximum absolute atomic E-state index is 16.0. The van der Waals surface area contributed by atoms with E-state index in [1.165, 1.54) is 0 Å². The summed E-state index contributed by atoms with van der Waals surface area (Å²) < 4.78 is 50.0. The molecule has 1 N–H and O–H groups in total. The highest BCUT2D eigenvalue weighted by atomic mass is 79.9. The van der Waals surface area contributed by atoms with Gasteiger partial charge in [-0.15, -0.1) is 11.8 Å². The predicted octanol–water partition coefficient (Wildman–Crippen LogP) is 7.76. The first-order valence-corrected chi connectivity index (χ1v) is 15.3. The first kappa shape index (κ1) is 28.6. The first-order chi connectivity index (χ1) is 20.3. The summed E-state index contributed by atoms with van der Waals surface area (Å²) in [5, 5.41) is 3.54. The molecule has 4 aromatic carbocycles. The summed E-state index contributed by atoms with van der Waals surface area (Å²) in [5.74, 6) is -1.33. The normalized spacial score (nSPS) is 19.3. The maximum Gasteiger partial charge on any atom is 0.310 e. The third kappa shape index (κ3) is 4.82. The molecule has 2 heterocycles. The molecular weight excluding hydrogens is 622 g/mol. The second kappa shape index (κ2) is 11.3. The number of fused-ring (bicyclic) bond motifs is 2. The lowest BCUT2D eigenvalue weighted by molar-refractivity contribution is -0.186. The van der Waals surface area contributed by atoms with Crippen LogP contribution in [-0.2, 0) is 15.9 Å². The number of methoxy groups -OCH3 is 2. The molecule has 9 heteroatoms. The van der Waals surface area contributed by atoms with Crippen LogP contribution in [0.3, 0.4) is 0 Å². The van der Waals surface area contributed by atoms with E-state index in [0.29, 0.717) is 22.8 Å². The number of nitrogens with zero attached hydrogens (tertiary/aromatic N) is 1. The van der Waals surface area contributed by atoms with Gasteiger partial charge >= 0.3 is 5.92 Å². The Morgan fingerprint density at radius 1 is 0.857 bits per heavy atom. The van der Waals surface area contributed by atoms with Crippen molar-refractivity contribution in [3.8, 4) is 11.5 Å². The number of thioether (sulfide) groups is 1. The van der Waals surface area contributed by atoms with E-state index in [0.717, 1.165) is 26.1 Å². The minimum Gasteiger partial charge on any atom is -0.497 e. The maximum atomic E-state index is 16.0. The van der Waals surface area contributed by atoms with Gasteiger partial charge in [-0.25, -0.2) is 4.99 Å². The van der Waals surface area contributed by atoms with Crippen LogP contribution in [0.4, 0.5) is 8.78 Å². The van der Waals surface area contributed by atoms with Gasteiger partial charge in [0.25, 0.3) is 6.02 Å². The number of nitrogens with one attached hydrogen (secondary N) is 1. The van der Waals surface area contributed by atoms with Crippen LogP contribution in [0.15, 0.2) is 111 Å². The molecule has 0 saturated carbocycles. The summed E-state index contributed by atoms with van der Waals surface area (Å²) in [4.78, 5) is 5.10. The van der Waals surface area contributed by atoms with E-state index >= 15 is 8.78 Å². The number of aliphatic imine (C=N–C) groups is 1. The number of ether oxygens (including phenoxy) is 3. The highest BCUT2D eigenvalue weighted by molar-refractivity contribution is 9.10. The highest BCUT2D eigenvalue weighted by Crippen LogP contribution is 2.53. The fourth-order valence-corrected chi connectivity index (χ4v) is 7.27. The Bertz CT molecular complexity index is 1550. The molecule has 4 aromatic rings. The number of amidine groups is 1. The Balaban J connectivity index is 1.53. The van der Waals surface area contributed by atoms with E-state index in [-0.39, 0.29) is 12.4 Å². The molecule has 42 heavy (non-hydrogen) atoms. The van der Waals surface area contributed by atoms with E-state index in [4.69, 9.17) is 14.2 Å². The first-order valence-electron chi connectivity index (χ1n) is 13.5. The predicted molar refractivity (Wildman–Crippen MR) is 165 cm³/mol. The quantitative estimate of drug-likeness (QED) is 0.216. The van der Waals surface area contributed by atoms with Gasteiger partial charge in [0.05, 0.1) is 14.2 Å². The van der Waals surface area contributed by atoms with Crippen LogP contribution in [-0.4, -0.2) is 38.5 Å². The average Bonchev–Trinajstić information content (AvgIpc) is 3.02. The van der Waals surface area contributed by atoms with Crippen LogP contribution in [0.1, 0.15) is 28.7 Å². The lowest BCUT2D eigenvalue weighted by Crippen LogP contribution is -2.59. The van der Waals surface area contributed by atoms with Crippen molar-refractivity contribution in [2.75, 3.05) is 26.5 Å².